The summed E-state index contributed by atoms with van der Waals surface area (Å²) in [5.74, 6) is 1.67. The number of rotatable bonds is 8. The van der Waals surface area contributed by atoms with E-state index in [0.29, 0.717) is 66.9 Å². The molecule has 0 amide bonds. The highest BCUT2D eigenvalue weighted by molar-refractivity contribution is 5.78. The number of fused-ring (bicyclic) bond motifs is 1. The quantitative estimate of drug-likeness (QED) is 0.400. The Hall–Kier alpha value is -2.89. The lowest BCUT2D eigenvalue weighted by Crippen LogP contribution is -2.50. The molecule has 4 heterocycles. The average Bonchev–Trinajstić information content (AvgIpc) is 3.63. The van der Waals surface area contributed by atoms with Gasteiger partial charge in [0.1, 0.15) is 11.6 Å². The van der Waals surface area contributed by atoms with Gasteiger partial charge >= 0.3 is 0 Å². The number of benzene rings is 1. The summed E-state index contributed by atoms with van der Waals surface area (Å²) >= 11 is 0. The summed E-state index contributed by atoms with van der Waals surface area (Å²) in [5, 5.41) is 14.2. The molecule has 2 N–H and O–H groups in total. The Morgan fingerprint density at radius 1 is 1.02 bits per heavy atom. The number of hydrogen-bond acceptors (Lipinski definition) is 8. The third-order valence-corrected chi connectivity index (χ3v) is 8.97. The molecule has 2 saturated heterocycles. The molecule has 0 spiro atoms. The molecule has 222 valence electrons. The van der Waals surface area contributed by atoms with E-state index in [-0.39, 0.29) is 11.9 Å². The normalized spacial score (nSPS) is 24.4. The maximum atomic E-state index is 14.1. The average molecular weight is 570 g/mol. The van der Waals surface area contributed by atoms with Gasteiger partial charge in [-0.05, 0) is 77.0 Å². The van der Waals surface area contributed by atoms with Crippen LogP contribution in [-0.4, -0.2) is 86.6 Å². The fourth-order valence-electron chi connectivity index (χ4n) is 6.88. The van der Waals surface area contributed by atoms with Crippen molar-refractivity contribution in [1.29, 1.82) is 0 Å². The van der Waals surface area contributed by atoms with Crippen molar-refractivity contribution in [3.8, 4) is 5.82 Å². The van der Waals surface area contributed by atoms with Crippen LogP contribution < -0.4 is 10.2 Å². The van der Waals surface area contributed by atoms with Gasteiger partial charge in [-0.25, -0.2) is 13.8 Å². The first-order chi connectivity index (χ1) is 19.8. The fraction of sp³-hybridized carbons (Fsp3) is 0.633. The van der Waals surface area contributed by atoms with E-state index in [4.69, 9.17) is 14.7 Å². The van der Waals surface area contributed by atoms with E-state index >= 15 is 0 Å². The second-order valence-corrected chi connectivity index (χ2v) is 12.2. The number of halogens is 2. The van der Waals surface area contributed by atoms with Crippen molar-refractivity contribution in [3.05, 3.63) is 36.2 Å². The monoisotopic (exact) mass is 569 g/mol. The van der Waals surface area contributed by atoms with Crippen molar-refractivity contribution in [2.24, 2.45) is 5.92 Å². The van der Waals surface area contributed by atoms with Gasteiger partial charge in [0.05, 0.1) is 29.8 Å². The van der Waals surface area contributed by atoms with Crippen LogP contribution in [0, 0.1) is 5.92 Å². The number of nitrogens with zero attached hydrogens (tertiary/aromatic N) is 6. The Morgan fingerprint density at radius 3 is 2.51 bits per heavy atom. The molecule has 1 atom stereocenters. The van der Waals surface area contributed by atoms with Gasteiger partial charge in [-0.1, -0.05) is 12.1 Å². The number of alkyl halides is 2. The molecule has 3 aromatic rings. The minimum Gasteiger partial charge on any atom is -0.389 e. The van der Waals surface area contributed by atoms with Crippen molar-refractivity contribution < 1.29 is 18.6 Å². The Morgan fingerprint density at radius 2 is 1.78 bits per heavy atom. The van der Waals surface area contributed by atoms with E-state index in [0.717, 1.165) is 51.6 Å². The van der Waals surface area contributed by atoms with Crippen LogP contribution in [0.4, 0.5) is 20.5 Å². The SMILES string of the molecule is CC(C)(O)[C@@H]1CCCN1C1CCC(CNc2cc(-n3c(C(F)F)nc4ccccc43)nc(N3CCOCC3)n2)CC1. The largest absolute Gasteiger partial charge is 0.389 e. The Balaban J connectivity index is 1.21. The predicted molar refractivity (Wildman–Crippen MR) is 155 cm³/mol. The summed E-state index contributed by atoms with van der Waals surface area (Å²) in [5.41, 5.74) is 0.415. The van der Waals surface area contributed by atoms with Crippen LogP contribution >= 0.6 is 0 Å². The zero-order chi connectivity index (χ0) is 28.6. The number of aliphatic hydroxyl groups is 1. The van der Waals surface area contributed by atoms with Crippen molar-refractivity contribution >= 4 is 22.8 Å². The number of imidazole rings is 1. The molecule has 2 aromatic heterocycles. The van der Waals surface area contributed by atoms with Crippen LogP contribution in [0.3, 0.4) is 0 Å². The molecule has 0 bridgehead atoms. The topological polar surface area (TPSA) is 91.6 Å². The maximum absolute atomic E-state index is 14.1. The molecule has 2 aliphatic heterocycles. The summed E-state index contributed by atoms with van der Waals surface area (Å²) < 4.78 is 35.3. The summed E-state index contributed by atoms with van der Waals surface area (Å²) in [6, 6.07) is 9.66. The lowest BCUT2D eigenvalue weighted by Gasteiger charge is -2.42. The third-order valence-electron chi connectivity index (χ3n) is 8.97. The van der Waals surface area contributed by atoms with E-state index < -0.39 is 12.0 Å². The van der Waals surface area contributed by atoms with Crippen molar-refractivity contribution in [2.75, 3.05) is 49.6 Å². The zero-order valence-electron chi connectivity index (χ0n) is 24.0. The van der Waals surface area contributed by atoms with E-state index in [2.05, 4.69) is 15.2 Å². The Labute approximate surface area is 239 Å². The number of ether oxygens (including phenoxy) is 1. The summed E-state index contributed by atoms with van der Waals surface area (Å²) in [6.07, 6.45) is 3.90. The first-order valence-electron chi connectivity index (χ1n) is 15.0. The second kappa shape index (κ2) is 11.8. The lowest BCUT2D eigenvalue weighted by molar-refractivity contribution is -0.0244. The number of para-hydroxylation sites is 2. The van der Waals surface area contributed by atoms with Crippen LogP contribution in [-0.2, 0) is 4.74 Å². The Bertz CT molecular complexity index is 1330. The molecule has 0 radical (unpaired) electrons. The first kappa shape index (κ1) is 28.2. The molecule has 1 aliphatic carbocycles. The van der Waals surface area contributed by atoms with Crippen LogP contribution in [0.15, 0.2) is 30.3 Å². The van der Waals surface area contributed by atoms with Crippen LogP contribution in [0.5, 0.6) is 0 Å². The van der Waals surface area contributed by atoms with Gasteiger partial charge in [-0.15, -0.1) is 0 Å². The molecule has 11 heteroatoms. The van der Waals surface area contributed by atoms with Gasteiger partial charge in [-0.3, -0.25) is 9.47 Å². The van der Waals surface area contributed by atoms with E-state index in [9.17, 15) is 13.9 Å². The number of morpholine rings is 1. The highest BCUT2D eigenvalue weighted by Crippen LogP contribution is 2.36. The van der Waals surface area contributed by atoms with Gasteiger partial charge < -0.3 is 20.1 Å². The van der Waals surface area contributed by atoms with Crippen molar-refractivity contribution in [3.63, 3.8) is 0 Å². The fourth-order valence-corrected chi connectivity index (χ4v) is 6.88. The zero-order valence-corrected chi connectivity index (χ0v) is 24.0. The molecular weight excluding hydrogens is 528 g/mol. The lowest BCUT2D eigenvalue weighted by atomic mass is 9.84. The number of nitrogens with one attached hydrogen (secondary N) is 1. The number of hydrogen-bond donors (Lipinski definition) is 2. The van der Waals surface area contributed by atoms with Gasteiger partial charge in [-0.2, -0.15) is 9.97 Å². The van der Waals surface area contributed by atoms with E-state index in [1.165, 1.54) is 4.57 Å². The summed E-state index contributed by atoms with van der Waals surface area (Å²) in [7, 11) is 0. The predicted octanol–water partition coefficient (Wildman–Crippen LogP) is 4.80. The molecule has 41 heavy (non-hydrogen) atoms. The molecule has 1 aromatic carbocycles. The molecule has 3 aliphatic rings. The first-order valence-corrected chi connectivity index (χ1v) is 15.0. The van der Waals surface area contributed by atoms with Crippen LogP contribution in [0.2, 0.25) is 0 Å². The minimum atomic E-state index is -2.75. The van der Waals surface area contributed by atoms with Gasteiger partial charge in [0.15, 0.2) is 5.82 Å². The van der Waals surface area contributed by atoms with Gasteiger partial charge in [0.25, 0.3) is 6.43 Å². The smallest absolute Gasteiger partial charge is 0.296 e. The highest BCUT2D eigenvalue weighted by Gasteiger charge is 2.40. The van der Waals surface area contributed by atoms with Crippen molar-refractivity contribution in [2.45, 2.75) is 76.5 Å². The minimum absolute atomic E-state index is 0.234. The summed E-state index contributed by atoms with van der Waals surface area (Å²) in [4.78, 5) is 18.4. The molecule has 1 saturated carbocycles. The summed E-state index contributed by atoms with van der Waals surface area (Å²) in [6.45, 7) is 8.12. The number of likely N-dealkylation sites (tertiary alicyclic amines) is 1. The second-order valence-electron chi connectivity index (χ2n) is 12.2. The number of aromatic nitrogens is 4. The van der Waals surface area contributed by atoms with Gasteiger partial charge in [0.2, 0.25) is 5.95 Å². The maximum Gasteiger partial charge on any atom is 0.296 e. The molecular formula is C30H41F2N7O2. The van der Waals surface area contributed by atoms with E-state index in [1.807, 2.05) is 24.8 Å². The van der Waals surface area contributed by atoms with Crippen LogP contribution in [0.25, 0.3) is 16.9 Å². The van der Waals surface area contributed by atoms with E-state index in [1.54, 1.807) is 24.3 Å². The third kappa shape index (κ3) is 6.03. The van der Waals surface area contributed by atoms with Crippen molar-refractivity contribution in [1.82, 2.24) is 24.4 Å². The van der Waals surface area contributed by atoms with Crippen LogP contribution in [0.1, 0.15) is 64.6 Å². The molecule has 0 unspecified atom stereocenters. The number of anilines is 2. The molecule has 9 nitrogen and oxygen atoms in total. The molecule has 3 fully saturated rings. The highest BCUT2D eigenvalue weighted by atomic mass is 19.3. The Kier molecular flexibility index (Phi) is 8.11. The standard InChI is InChI=1S/C30H41F2N7O2/c1-30(2,40)24-8-5-13-38(24)21-11-9-20(10-12-21)19-33-25-18-26(36-29(35-25)37-14-16-41-17-15-37)39-23-7-4-3-6-22(23)34-28(39)27(31)32/h3-4,6-7,18,20-21,24,27,40H,5,8-17,19H2,1-2H3,(H,33,35,36)/t20?,21?,24-/m0/s1. The van der Waals surface area contributed by atoms with Gasteiger partial charge in [0, 0.05) is 37.8 Å². The molecule has 6 rings (SSSR count).